The number of methoxy groups -OCH3 is 1. The van der Waals surface area contributed by atoms with Gasteiger partial charge in [-0.05, 0) is 18.6 Å². The summed E-state index contributed by atoms with van der Waals surface area (Å²) in [6.45, 7) is 2.04. The fourth-order valence-corrected chi connectivity index (χ4v) is 3.08. The number of pyridine rings is 1. The van der Waals surface area contributed by atoms with Gasteiger partial charge in [-0.2, -0.15) is 5.10 Å². The Balaban J connectivity index is 1.84. The van der Waals surface area contributed by atoms with Crippen molar-refractivity contribution in [1.29, 1.82) is 0 Å². The number of hydrogen-bond donors (Lipinski definition) is 0. The van der Waals surface area contributed by atoms with Gasteiger partial charge in [0, 0.05) is 29.9 Å². The lowest BCUT2D eigenvalue weighted by atomic mass is 10.0. The van der Waals surface area contributed by atoms with Gasteiger partial charge in [0.1, 0.15) is 0 Å². The molecule has 0 amide bonds. The van der Waals surface area contributed by atoms with Gasteiger partial charge in [-0.15, -0.1) is 0 Å². The second-order valence-electron chi connectivity index (χ2n) is 6.29. The fourth-order valence-electron chi connectivity index (χ4n) is 3.08. The Labute approximate surface area is 156 Å². The van der Waals surface area contributed by atoms with Crippen LogP contribution in [0.25, 0.3) is 16.8 Å². The number of fused-ring (bicyclic) bond motifs is 1. The number of carbonyl (C=O) groups excluding carboxylic acids is 1. The molecular weight excluding hydrogens is 340 g/mol. The zero-order valence-electron chi connectivity index (χ0n) is 15.1. The third-order valence-electron chi connectivity index (χ3n) is 4.36. The summed E-state index contributed by atoms with van der Waals surface area (Å²) >= 11 is 0. The largest absolute Gasteiger partial charge is 0.464 e. The molecule has 0 saturated heterocycles. The van der Waals surface area contributed by atoms with E-state index in [1.54, 1.807) is 6.20 Å². The van der Waals surface area contributed by atoms with Crippen molar-refractivity contribution >= 4 is 11.5 Å². The quantitative estimate of drug-likeness (QED) is 0.523. The highest BCUT2D eigenvalue weighted by Crippen LogP contribution is 2.28. The molecule has 0 aliphatic heterocycles. The molecule has 3 heterocycles. The Morgan fingerprint density at radius 2 is 1.93 bits per heavy atom. The molecule has 0 aliphatic carbocycles. The van der Waals surface area contributed by atoms with Crippen molar-refractivity contribution in [3.63, 3.8) is 0 Å². The van der Waals surface area contributed by atoms with Gasteiger partial charge in [-0.25, -0.2) is 14.3 Å². The van der Waals surface area contributed by atoms with Crippen molar-refractivity contribution in [3.8, 4) is 11.3 Å². The minimum atomic E-state index is -0.497. The molecule has 0 fully saturated rings. The third-order valence-corrected chi connectivity index (χ3v) is 4.36. The van der Waals surface area contributed by atoms with E-state index in [0.717, 1.165) is 27.9 Å². The molecule has 0 N–H and O–H groups in total. The zero-order valence-corrected chi connectivity index (χ0v) is 15.1. The van der Waals surface area contributed by atoms with Gasteiger partial charge in [0.05, 0.1) is 30.2 Å². The smallest absolute Gasteiger partial charge is 0.358 e. The van der Waals surface area contributed by atoms with Crippen LogP contribution in [0, 0.1) is 6.92 Å². The molecule has 0 spiro atoms. The van der Waals surface area contributed by atoms with Gasteiger partial charge in [0.15, 0.2) is 5.69 Å². The van der Waals surface area contributed by atoms with Crippen LogP contribution in [-0.4, -0.2) is 32.7 Å². The molecule has 0 radical (unpaired) electrons. The summed E-state index contributed by atoms with van der Waals surface area (Å²) in [6.07, 6.45) is 5.59. The first-order valence-electron chi connectivity index (χ1n) is 8.58. The number of aryl methyl sites for hydroxylation is 1. The number of nitrogens with zero attached hydrogens (tertiary/aromatic N) is 4. The molecule has 6 heteroatoms. The van der Waals surface area contributed by atoms with E-state index in [1.165, 1.54) is 13.3 Å². The molecule has 0 unspecified atom stereocenters. The monoisotopic (exact) mass is 358 g/mol. The van der Waals surface area contributed by atoms with E-state index in [4.69, 9.17) is 9.84 Å². The van der Waals surface area contributed by atoms with Gasteiger partial charge in [-0.1, -0.05) is 36.4 Å². The lowest BCUT2D eigenvalue weighted by Gasteiger charge is -2.05. The highest BCUT2D eigenvalue weighted by molar-refractivity contribution is 5.86. The van der Waals surface area contributed by atoms with Crippen LogP contribution in [0.1, 0.15) is 27.3 Å². The molecule has 4 rings (SSSR count). The van der Waals surface area contributed by atoms with Crippen molar-refractivity contribution in [3.05, 3.63) is 83.6 Å². The fraction of sp³-hybridized carbons (Fsp3) is 0.143. The van der Waals surface area contributed by atoms with Crippen LogP contribution >= 0.6 is 0 Å². The summed E-state index contributed by atoms with van der Waals surface area (Å²) in [4.78, 5) is 20.3. The number of aromatic nitrogens is 4. The summed E-state index contributed by atoms with van der Waals surface area (Å²) < 4.78 is 6.64. The maximum atomic E-state index is 11.8. The SMILES string of the molecule is COC(=O)c1cncc(Cc2c(-c3ccccc3)nn3cc(C)ccc23)n1. The topological polar surface area (TPSA) is 69.4 Å². The molecule has 4 aromatic rings. The minimum absolute atomic E-state index is 0.198. The van der Waals surface area contributed by atoms with Crippen LogP contribution in [0.3, 0.4) is 0 Å². The molecule has 134 valence electrons. The number of carbonyl (C=O) groups is 1. The lowest BCUT2D eigenvalue weighted by molar-refractivity contribution is 0.0593. The van der Waals surface area contributed by atoms with E-state index in [0.29, 0.717) is 12.1 Å². The van der Waals surface area contributed by atoms with Gasteiger partial charge < -0.3 is 4.74 Å². The van der Waals surface area contributed by atoms with Crippen LogP contribution in [-0.2, 0) is 11.2 Å². The van der Waals surface area contributed by atoms with E-state index in [-0.39, 0.29) is 5.69 Å². The van der Waals surface area contributed by atoms with Gasteiger partial charge >= 0.3 is 5.97 Å². The number of ether oxygens (including phenoxy) is 1. The molecule has 1 aromatic carbocycles. The summed E-state index contributed by atoms with van der Waals surface area (Å²) in [5, 5.41) is 4.79. The molecule has 0 aliphatic rings. The molecule has 0 bridgehead atoms. The van der Waals surface area contributed by atoms with Crippen molar-refractivity contribution in [1.82, 2.24) is 19.6 Å². The lowest BCUT2D eigenvalue weighted by Crippen LogP contribution is -2.07. The molecule has 6 nitrogen and oxygen atoms in total. The number of esters is 1. The normalized spacial score (nSPS) is 10.9. The second-order valence-corrected chi connectivity index (χ2v) is 6.29. The van der Waals surface area contributed by atoms with Gasteiger partial charge in [-0.3, -0.25) is 4.98 Å². The van der Waals surface area contributed by atoms with E-state index < -0.39 is 5.97 Å². The van der Waals surface area contributed by atoms with Crippen molar-refractivity contribution in [2.75, 3.05) is 7.11 Å². The molecule has 3 aromatic heterocycles. The Hall–Kier alpha value is -3.54. The first-order valence-corrected chi connectivity index (χ1v) is 8.58. The Morgan fingerprint density at radius 1 is 1.11 bits per heavy atom. The number of benzene rings is 1. The first-order chi connectivity index (χ1) is 13.2. The summed E-state index contributed by atoms with van der Waals surface area (Å²) in [7, 11) is 1.33. The van der Waals surface area contributed by atoms with Crippen LogP contribution in [0.15, 0.2) is 61.1 Å². The van der Waals surface area contributed by atoms with E-state index >= 15 is 0 Å². The average molecular weight is 358 g/mol. The molecule has 0 saturated carbocycles. The highest BCUT2D eigenvalue weighted by atomic mass is 16.5. The van der Waals surface area contributed by atoms with Crippen molar-refractivity contribution in [2.24, 2.45) is 0 Å². The Bertz CT molecular complexity index is 1120. The molecule has 27 heavy (non-hydrogen) atoms. The summed E-state index contributed by atoms with van der Waals surface area (Å²) in [6, 6.07) is 14.2. The van der Waals surface area contributed by atoms with Gasteiger partial charge in [0.2, 0.25) is 0 Å². The van der Waals surface area contributed by atoms with Crippen LogP contribution < -0.4 is 0 Å². The van der Waals surface area contributed by atoms with Crippen LogP contribution in [0.4, 0.5) is 0 Å². The van der Waals surface area contributed by atoms with E-state index in [9.17, 15) is 4.79 Å². The Morgan fingerprint density at radius 3 is 2.70 bits per heavy atom. The Kier molecular flexibility index (Phi) is 4.38. The second kappa shape index (κ2) is 6.99. The van der Waals surface area contributed by atoms with Crippen LogP contribution in [0.5, 0.6) is 0 Å². The number of hydrogen-bond acceptors (Lipinski definition) is 5. The van der Waals surface area contributed by atoms with E-state index in [2.05, 4.69) is 22.1 Å². The molecule has 0 atom stereocenters. The predicted molar refractivity (Wildman–Crippen MR) is 102 cm³/mol. The summed E-state index contributed by atoms with van der Waals surface area (Å²) in [5.41, 5.74) is 5.98. The third kappa shape index (κ3) is 3.29. The van der Waals surface area contributed by atoms with Crippen molar-refractivity contribution < 1.29 is 9.53 Å². The number of rotatable bonds is 4. The standard InChI is InChI=1S/C21H18N4O2/c1-14-8-9-19-17(10-16-11-22-12-18(23-16)21(26)27-2)20(24-25(19)13-14)15-6-4-3-5-7-15/h3-9,11-13H,10H2,1-2H3. The first kappa shape index (κ1) is 16.9. The van der Waals surface area contributed by atoms with E-state index in [1.807, 2.05) is 48.0 Å². The molecular formula is C21H18N4O2. The highest BCUT2D eigenvalue weighted by Gasteiger charge is 2.17. The van der Waals surface area contributed by atoms with Crippen LogP contribution in [0.2, 0.25) is 0 Å². The average Bonchev–Trinajstić information content (AvgIpc) is 3.05. The zero-order chi connectivity index (χ0) is 18.8. The van der Waals surface area contributed by atoms with Crippen molar-refractivity contribution in [2.45, 2.75) is 13.3 Å². The predicted octanol–water partition coefficient (Wildman–Crippen LogP) is 3.48. The minimum Gasteiger partial charge on any atom is -0.464 e. The maximum Gasteiger partial charge on any atom is 0.358 e. The summed E-state index contributed by atoms with van der Waals surface area (Å²) in [5.74, 6) is -0.497. The maximum absolute atomic E-state index is 11.8. The van der Waals surface area contributed by atoms with Gasteiger partial charge in [0.25, 0.3) is 0 Å².